The normalized spacial score (nSPS) is 10.5. The fourth-order valence-electron chi connectivity index (χ4n) is 1.51. The highest BCUT2D eigenvalue weighted by Crippen LogP contribution is 2.09. The summed E-state index contributed by atoms with van der Waals surface area (Å²) in [5.41, 5.74) is 7.63. The van der Waals surface area contributed by atoms with Gasteiger partial charge in [0, 0.05) is 25.3 Å². The second-order valence-electron chi connectivity index (χ2n) is 3.49. The summed E-state index contributed by atoms with van der Waals surface area (Å²) >= 11 is 0. The summed E-state index contributed by atoms with van der Waals surface area (Å²) in [4.78, 5) is 2.11. The first kappa shape index (κ1) is 11.8. The molecule has 3 nitrogen and oxygen atoms in total. The monoisotopic (exact) mass is 206 g/mol. The van der Waals surface area contributed by atoms with Crippen LogP contribution >= 0.6 is 0 Å². The number of hydrogen-bond acceptors (Lipinski definition) is 3. The van der Waals surface area contributed by atoms with Gasteiger partial charge in [0.1, 0.15) is 0 Å². The number of nitrogens with two attached hydrogens (primary N) is 1. The third kappa shape index (κ3) is 4.14. The molecule has 3 N–H and O–H groups in total. The smallest absolute Gasteiger partial charge is 0.0558 e. The van der Waals surface area contributed by atoms with Gasteiger partial charge in [-0.05, 0) is 17.7 Å². The fourth-order valence-corrected chi connectivity index (χ4v) is 1.51. The molecular formula is C12H18N2O. The van der Waals surface area contributed by atoms with Crippen molar-refractivity contribution in [2.24, 2.45) is 0 Å². The van der Waals surface area contributed by atoms with Gasteiger partial charge < -0.3 is 10.8 Å². The highest BCUT2D eigenvalue weighted by molar-refractivity contribution is 5.40. The van der Waals surface area contributed by atoms with E-state index in [1.807, 2.05) is 30.3 Å². The predicted octanol–water partition coefficient (Wildman–Crippen LogP) is 1.25. The lowest BCUT2D eigenvalue weighted by Gasteiger charge is -2.19. The number of aliphatic hydroxyl groups excluding tert-OH is 1. The molecule has 3 heteroatoms. The van der Waals surface area contributed by atoms with E-state index in [-0.39, 0.29) is 6.61 Å². The minimum Gasteiger partial charge on any atom is -0.399 e. The number of nitrogen functional groups attached to an aromatic ring is 1. The predicted molar refractivity (Wildman–Crippen MR) is 63.4 cm³/mol. The molecule has 0 aromatic heterocycles. The molecule has 0 bridgehead atoms. The van der Waals surface area contributed by atoms with Crippen LogP contribution in [0.15, 0.2) is 36.9 Å². The molecule has 0 amide bonds. The van der Waals surface area contributed by atoms with Crippen molar-refractivity contribution >= 4 is 5.69 Å². The number of hydrogen-bond donors (Lipinski definition) is 2. The summed E-state index contributed by atoms with van der Waals surface area (Å²) in [6.07, 6.45) is 1.84. The van der Waals surface area contributed by atoms with E-state index in [2.05, 4.69) is 11.5 Å². The second kappa shape index (κ2) is 6.22. The van der Waals surface area contributed by atoms with Crippen molar-refractivity contribution in [2.75, 3.05) is 25.4 Å². The lowest BCUT2D eigenvalue weighted by Crippen LogP contribution is -2.26. The van der Waals surface area contributed by atoms with Gasteiger partial charge in [0.25, 0.3) is 0 Å². The van der Waals surface area contributed by atoms with Gasteiger partial charge in [-0.25, -0.2) is 0 Å². The Morgan fingerprint density at radius 3 is 2.87 bits per heavy atom. The van der Waals surface area contributed by atoms with Crippen LogP contribution in [0, 0.1) is 0 Å². The van der Waals surface area contributed by atoms with Crippen LogP contribution in [0.5, 0.6) is 0 Å². The van der Waals surface area contributed by atoms with Crippen molar-refractivity contribution < 1.29 is 5.11 Å². The Morgan fingerprint density at radius 1 is 1.47 bits per heavy atom. The molecule has 0 aliphatic heterocycles. The third-order valence-electron chi connectivity index (χ3n) is 2.16. The first-order chi connectivity index (χ1) is 7.26. The van der Waals surface area contributed by atoms with Crippen molar-refractivity contribution in [3.05, 3.63) is 42.5 Å². The zero-order valence-corrected chi connectivity index (χ0v) is 8.89. The van der Waals surface area contributed by atoms with E-state index in [0.29, 0.717) is 6.54 Å². The number of benzene rings is 1. The Labute approximate surface area is 90.8 Å². The highest BCUT2D eigenvalue weighted by atomic mass is 16.3. The van der Waals surface area contributed by atoms with Crippen LogP contribution in [0.3, 0.4) is 0 Å². The SMILES string of the molecule is C=CCN(CCO)Cc1cccc(N)c1. The third-order valence-corrected chi connectivity index (χ3v) is 2.16. The lowest BCUT2D eigenvalue weighted by molar-refractivity contribution is 0.203. The second-order valence-corrected chi connectivity index (χ2v) is 3.49. The van der Waals surface area contributed by atoms with Gasteiger partial charge in [0.15, 0.2) is 0 Å². The van der Waals surface area contributed by atoms with E-state index in [1.165, 1.54) is 0 Å². The van der Waals surface area contributed by atoms with Crippen molar-refractivity contribution in [1.29, 1.82) is 0 Å². The summed E-state index contributed by atoms with van der Waals surface area (Å²) < 4.78 is 0. The molecule has 0 saturated carbocycles. The molecule has 15 heavy (non-hydrogen) atoms. The summed E-state index contributed by atoms with van der Waals surface area (Å²) in [5.74, 6) is 0. The van der Waals surface area contributed by atoms with Gasteiger partial charge in [-0.1, -0.05) is 18.2 Å². The van der Waals surface area contributed by atoms with Gasteiger partial charge in [-0.2, -0.15) is 0 Å². The molecule has 0 saturated heterocycles. The van der Waals surface area contributed by atoms with Crippen LogP contribution in [0.25, 0.3) is 0 Å². The summed E-state index contributed by atoms with van der Waals surface area (Å²) in [5, 5.41) is 8.90. The quantitative estimate of drug-likeness (QED) is 0.544. The highest BCUT2D eigenvalue weighted by Gasteiger charge is 2.03. The van der Waals surface area contributed by atoms with Crippen molar-refractivity contribution in [1.82, 2.24) is 4.90 Å². The first-order valence-electron chi connectivity index (χ1n) is 5.05. The van der Waals surface area contributed by atoms with Crippen LogP contribution in [0.4, 0.5) is 5.69 Å². The van der Waals surface area contributed by atoms with E-state index < -0.39 is 0 Å². The first-order valence-corrected chi connectivity index (χ1v) is 5.05. The average molecular weight is 206 g/mol. The Kier molecular flexibility index (Phi) is 4.87. The Hall–Kier alpha value is -1.32. The van der Waals surface area contributed by atoms with Gasteiger partial charge in [0.05, 0.1) is 6.61 Å². The molecule has 1 aromatic carbocycles. The molecule has 82 valence electrons. The zero-order chi connectivity index (χ0) is 11.1. The number of anilines is 1. The van der Waals surface area contributed by atoms with E-state index in [1.54, 1.807) is 0 Å². The van der Waals surface area contributed by atoms with Crippen molar-refractivity contribution in [2.45, 2.75) is 6.54 Å². The van der Waals surface area contributed by atoms with Crippen LogP contribution in [0.1, 0.15) is 5.56 Å². The Bertz CT molecular complexity index is 312. The number of aliphatic hydroxyl groups is 1. The lowest BCUT2D eigenvalue weighted by atomic mass is 10.2. The maximum absolute atomic E-state index is 8.90. The van der Waals surface area contributed by atoms with Crippen molar-refractivity contribution in [3.63, 3.8) is 0 Å². The molecule has 0 aliphatic rings. The standard InChI is InChI=1S/C12H18N2O/c1-2-6-14(7-8-15)10-11-4-3-5-12(13)9-11/h2-5,9,15H,1,6-8,10,13H2. The molecule has 0 spiro atoms. The van der Waals surface area contributed by atoms with Gasteiger partial charge in [-0.3, -0.25) is 4.90 Å². The minimum absolute atomic E-state index is 0.163. The average Bonchev–Trinajstić information content (AvgIpc) is 2.18. The topological polar surface area (TPSA) is 49.5 Å². The van der Waals surface area contributed by atoms with Crippen LogP contribution in [-0.4, -0.2) is 29.7 Å². The van der Waals surface area contributed by atoms with E-state index in [0.717, 1.165) is 24.3 Å². The fraction of sp³-hybridized carbons (Fsp3) is 0.333. The molecule has 0 fully saturated rings. The van der Waals surface area contributed by atoms with Crippen molar-refractivity contribution in [3.8, 4) is 0 Å². The van der Waals surface area contributed by atoms with Crippen LogP contribution in [0.2, 0.25) is 0 Å². The van der Waals surface area contributed by atoms with Gasteiger partial charge in [-0.15, -0.1) is 6.58 Å². The van der Waals surface area contributed by atoms with E-state index in [9.17, 15) is 0 Å². The molecule has 0 aliphatic carbocycles. The molecule has 0 unspecified atom stereocenters. The van der Waals surface area contributed by atoms with Crippen LogP contribution in [-0.2, 0) is 6.54 Å². The van der Waals surface area contributed by atoms with E-state index in [4.69, 9.17) is 10.8 Å². The van der Waals surface area contributed by atoms with Gasteiger partial charge in [0.2, 0.25) is 0 Å². The summed E-state index contributed by atoms with van der Waals surface area (Å²) in [7, 11) is 0. The minimum atomic E-state index is 0.163. The molecule has 1 aromatic rings. The summed E-state index contributed by atoms with van der Waals surface area (Å²) in [6, 6.07) is 7.79. The van der Waals surface area contributed by atoms with Gasteiger partial charge >= 0.3 is 0 Å². The molecule has 0 atom stereocenters. The van der Waals surface area contributed by atoms with E-state index >= 15 is 0 Å². The maximum atomic E-state index is 8.90. The Morgan fingerprint density at radius 2 is 2.27 bits per heavy atom. The Balaban J connectivity index is 2.60. The van der Waals surface area contributed by atoms with Crippen LogP contribution < -0.4 is 5.73 Å². The summed E-state index contributed by atoms with van der Waals surface area (Å²) in [6.45, 7) is 6.07. The maximum Gasteiger partial charge on any atom is 0.0558 e. The number of rotatable bonds is 6. The largest absolute Gasteiger partial charge is 0.399 e. The molecule has 0 heterocycles. The number of nitrogens with zero attached hydrogens (tertiary/aromatic N) is 1. The molecular weight excluding hydrogens is 188 g/mol. The molecule has 1 rings (SSSR count). The zero-order valence-electron chi connectivity index (χ0n) is 8.89. The molecule has 0 radical (unpaired) electrons.